The van der Waals surface area contributed by atoms with Crippen molar-refractivity contribution in [3.8, 4) is 0 Å². The Balaban J connectivity index is 2.02. The fraction of sp³-hybridized carbons (Fsp3) is 0.562. The number of aliphatic hydroxyl groups excluding tert-OH is 1. The van der Waals surface area contributed by atoms with E-state index in [0.29, 0.717) is 31.1 Å². The molecule has 1 saturated heterocycles. The Labute approximate surface area is 136 Å². The SMILES string of the molecule is COCCC(NC(=O)N1CCCC(O)C1)c1ccc(Cl)cc1. The number of benzene rings is 1. The zero-order chi connectivity index (χ0) is 15.9. The number of halogens is 1. The first-order valence-electron chi connectivity index (χ1n) is 7.58. The van der Waals surface area contributed by atoms with E-state index in [1.165, 1.54) is 0 Å². The van der Waals surface area contributed by atoms with Gasteiger partial charge < -0.3 is 20.1 Å². The van der Waals surface area contributed by atoms with Crippen molar-refractivity contribution in [3.05, 3.63) is 34.9 Å². The summed E-state index contributed by atoms with van der Waals surface area (Å²) in [5.74, 6) is 0. The van der Waals surface area contributed by atoms with Gasteiger partial charge in [-0.25, -0.2) is 4.79 Å². The standard InChI is InChI=1S/C16H23ClN2O3/c1-22-10-8-15(12-4-6-13(17)7-5-12)18-16(21)19-9-2-3-14(20)11-19/h4-7,14-15,20H,2-3,8-11H2,1H3,(H,18,21). The first-order chi connectivity index (χ1) is 10.6. The third kappa shape index (κ3) is 4.87. The number of carbonyl (C=O) groups excluding carboxylic acids is 1. The van der Waals surface area contributed by atoms with E-state index < -0.39 is 6.10 Å². The summed E-state index contributed by atoms with van der Waals surface area (Å²) in [6.45, 7) is 1.63. The van der Waals surface area contributed by atoms with Gasteiger partial charge in [0.1, 0.15) is 0 Å². The molecule has 1 aromatic rings. The van der Waals surface area contributed by atoms with Gasteiger partial charge in [-0.1, -0.05) is 23.7 Å². The largest absolute Gasteiger partial charge is 0.391 e. The number of amides is 2. The molecule has 2 atom stereocenters. The van der Waals surface area contributed by atoms with E-state index in [-0.39, 0.29) is 12.1 Å². The molecule has 0 aliphatic carbocycles. The van der Waals surface area contributed by atoms with E-state index in [0.717, 1.165) is 18.4 Å². The summed E-state index contributed by atoms with van der Waals surface area (Å²) in [7, 11) is 1.64. The maximum Gasteiger partial charge on any atom is 0.317 e. The molecule has 0 aromatic heterocycles. The van der Waals surface area contributed by atoms with Crippen molar-refractivity contribution in [3.63, 3.8) is 0 Å². The molecule has 22 heavy (non-hydrogen) atoms. The number of methoxy groups -OCH3 is 1. The first-order valence-corrected chi connectivity index (χ1v) is 7.96. The van der Waals surface area contributed by atoms with Crippen molar-refractivity contribution in [2.45, 2.75) is 31.4 Å². The van der Waals surface area contributed by atoms with Gasteiger partial charge in [0.05, 0.1) is 12.1 Å². The predicted octanol–water partition coefficient (Wildman–Crippen LogP) is 2.58. The van der Waals surface area contributed by atoms with Gasteiger partial charge in [0.2, 0.25) is 0 Å². The topological polar surface area (TPSA) is 61.8 Å². The Hall–Kier alpha value is -1.30. The molecule has 6 heteroatoms. The lowest BCUT2D eigenvalue weighted by Gasteiger charge is -2.32. The summed E-state index contributed by atoms with van der Waals surface area (Å²) in [4.78, 5) is 14.1. The number of nitrogens with one attached hydrogen (secondary N) is 1. The average Bonchev–Trinajstić information content (AvgIpc) is 2.52. The van der Waals surface area contributed by atoms with E-state index in [2.05, 4.69) is 5.32 Å². The van der Waals surface area contributed by atoms with Crippen LogP contribution in [0.2, 0.25) is 5.02 Å². The van der Waals surface area contributed by atoms with Crippen LogP contribution < -0.4 is 5.32 Å². The number of hydrogen-bond donors (Lipinski definition) is 2. The number of urea groups is 1. The van der Waals surface area contributed by atoms with Gasteiger partial charge in [0.15, 0.2) is 0 Å². The Morgan fingerprint density at radius 1 is 1.50 bits per heavy atom. The molecule has 1 heterocycles. The normalized spacial score (nSPS) is 19.8. The van der Waals surface area contributed by atoms with E-state index in [9.17, 15) is 9.90 Å². The number of nitrogens with zero attached hydrogens (tertiary/aromatic N) is 1. The van der Waals surface area contributed by atoms with E-state index in [1.807, 2.05) is 24.3 Å². The van der Waals surface area contributed by atoms with Crippen molar-refractivity contribution in [1.82, 2.24) is 10.2 Å². The third-order valence-corrected chi connectivity index (χ3v) is 4.12. The molecule has 2 N–H and O–H groups in total. The molecule has 1 aliphatic rings. The molecule has 0 bridgehead atoms. The van der Waals surface area contributed by atoms with Crippen molar-refractivity contribution in [1.29, 1.82) is 0 Å². The second-order valence-electron chi connectivity index (χ2n) is 5.58. The highest BCUT2D eigenvalue weighted by Gasteiger charge is 2.24. The first kappa shape index (κ1) is 17.1. The fourth-order valence-electron chi connectivity index (χ4n) is 2.63. The Bertz CT molecular complexity index is 481. The minimum Gasteiger partial charge on any atom is -0.391 e. The molecule has 122 valence electrons. The van der Waals surface area contributed by atoms with Crippen LogP contribution in [-0.4, -0.2) is 48.9 Å². The molecule has 0 saturated carbocycles. The number of β-amino-alcohol motifs (C(OH)–C–C–N with tert-alkyl or cyclic N) is 1. The maximum atomic E-state index is 12.4. The van der Waals surface area contributed by atoms with Crippen molar-refractivity contribution >= 4 is 17.6 Å². The second-order valence-corrected chi connectivity index (χ2v) is 6.01. The van der Waals surface area contributed by atoms with Crippen molar-refractivity contribution in [2.24, 2.45) is 0 Å². The van der Waals surface area contributed by atoms with E-state index in [1.54, 1.807) is 12.0 Å². The van der Waals surface area contributed by atoms with Crippen LogP contribution in [0, 0.1) is 0 Å². The monoisotopic (exact) mass is 326 g/mol. The summed E-state index contributed by atoms with van der Waals surface area (Å²) in [5.41, 5.74) is 0.993. The number of carbonyl (C=O) groups is 1. The van der Waals surface area contributed by atoms with Gasteiger partial charge in [-0.15, -0.1) is 0 Å². The molecular formula is C16H23ClN2O3. The second kappa shape index (κ2) is 8.36. The molecule has 0 radical (unpaired) electrons. The predicted molar refractivity (Wildman–Crippen MR) is 86.0 cm³/mol. The molecule has 1 aromatic carbocycles. The lowest BCUT2D eigenvalue weighted by Crippen LogP contribution is -2.48. The molecular weight excluding hydrogens is 304 g/mol. The van der Waals surface area contributed by atoms with E-state index in [4.69, 9.17) is 16.3 Å². The summed E-state index contributed by atoms with van der Waals surface area (Å²) in [5, 5.41) is 13.4. The number of likely N-dealkylation sites (tertiary alicyclic amines) is 1. The van der Waals surface area contributed by atoms with E-state index >= 15 is 0 Å². The molecule has 2 unspecified atom stereocenters. The minimum absolute atomic E-state index is 0.135. The number of rotatable bonds is 5. The van der Waals surface area contributed by atoms with Crippen LogP contribution in [0.5, 0.6) is 0 Å². The summed E-state index contributed by atoms with van der Waals surface area (Å²) in [6, 6.07) is 7.17. The average molecular weight is 327 g/mol. The summed E-state index contributed by atoms with van der Waals surface area (Å²) >= 11 is 5.92. The molecule has 5 nitrogen and oxygen atoms in total. The zero-order valence-corrected chi connectivity index (χ0v) is 13.6. The highest BCUT2D eigenvalue weighted by atomic mass is 35.5. The van der Waals surface area contributed by atoms with Crippen LogP contribution in [0.4, 0.5) is 4.79 Å². The van der Waals surface area contributed by atoms with Crippen molar-refractivity contribution < 1.29 is 14.6 Å². The van der Waals surface area contributed by atoms with Crippen LogP contribution in [0.1, 0.15) is 30.9 Å². The van der Waals surface area contributed by atoms with Gasteiger partial charge in [0, 0.05) is 31.8 Å². The van der Waals surface area contributed by atoms with Gasteiger partial charge in [0.25, 0.3) is 0 Å². The van der Waals surface area contributed by atoms with Gasteiger partial charge in [-0.2, -0.15) is 0 Å². The minimum atomic E-state index is -0.424. The van der Waals surface area contributed by atoms with Crippen LogP contribution in [-0.2, 0) is 4.74 Å². The Kier molecular flexibility index (Phi) is 6.49. The zero-order valence-electron chi connectivity index (χ0n) is 12.8. The van der Waals surface area contributed by atoms with Crippen molar-refractivity contribution in [2.75, 3.05) is 26.8 Å². The highest BCUT2D eigenvalue weighted by Crippen LogP contribution is 2.20. The van der Waals surface area contributed by atoms with Crippen LogP contribution >= 0.6 is 11.6 Å². The number of hydrogen-bond acceptors (Lipinski definition) is 3. The summed E-state index contributed by atoms with van der Waals surface area (Å²) < 4.78 is 5.13. The van der Waals surface area contributed by atoms with Crippen LogP contribution in [0.15, 0.2) is 24.3 Å². The Morgan fingerprint density at radius 3 is 2.86 bits per heavy atom. The van der Waals surface area contributed by atoms with Crippen LogP contribution in [0.3, 0.4) is 0 Å². The fourth-order valence-corrected chi connectivity index (χ4v) is 2.76. The van der Waals surface area contributed by atoms with Gasteiger partial charge in [-0.3, -0.25) is 0 Å². The van der Waals surface area contributed by atoms with Crippen LogP contribution in [0.25, 0.3) is 0 Å². The molecule has 1 fully saturated rings. The molecule has 2 amide bonds. The number of ether oxygens (including phenoxy) is 1. The third-order valence-electron chi connectivity index (χ3n) is 3.86. The summed E-state index contributed by atoms with van der Waals surface area (Å²) in [6.07, 6.45) is 1.85. The highest BCUT2D eigenvalue weighted by molar-refractivity contribution is 6.30. The molecule has 2 rings (SSSR count). The Morgan fingerprint density at radius 2 is 2.23 bits per heavy atom. The number of aliphatic hydroxyl groups is 1. The lowest BCUT2D eigenvalue weighted by atomic mass is 10.0. The quantitative estimate of drug-likeness (QED) is 0.874. The smallest absolute Gasteiger partial charge is 0.317 e. The molecule has 1 aliphatic heterocycles. The molecule has 0 spiro atoms. The lowest BCUT2D eigenvalue weighted by molar-refractivity contribution is 0.0826. The van der Waals surface area contributed by atoms with Gasteiger partial charge in [-0.05, 0) is 37.0 Å². The van der Waals surface area contributed by atoms with Gasteiger partial charge >= 0.3 is 6.03 Å². The maximum absolute atomic E-state index is 12.4. The number of piperidine rings is 1.